The number of benzene rings is 1. The van der Waals surface area contributed by atoms with E-state index in [-0.39, 0.29) is 5.91 Å². The van der Waals surface area contributed by atoms with Crippen LogP contribution in [0, 0.1) is 11.8 Å². The van der Waals surface area contributed by atoms with Gasteiger partial charge in [0.25, 0.3) is 0 Å². The van der Waals surface area contributed by atoms with Gasteiger partial charge in [-0.15, -0.1) is 23.5 Å². The average molecular weight is 351 g/mol. The van der Waals surface area contributed by atoms with E-state index in [1.165, 1.54) is 29.9 Å². The molecule has 126 valence electrons. The minimum absolute atomic E-state index is 0.153. The predicted molar refractivity (Wildman–Crippen MR) is 102 cm³/mol. The summed E-state index contributed by atoms with van der Waals surface area (Å²) in [7, 11) is 0. The number of amides is 1. The van der Waals surface area contributed by atoms with E-state index in [1.807, 2.05) is 29.6 Å². The fraction of sp³-hybridized carbons (Fsp3) is 0.611. The number of hydrogen-bond acceptors (Lipinski definition) is 4. The molecule has 2 aliphatic heterocycles. The van der Waals surface area contributed by atoms with E-state index in [0.717, 1.165) is 18.8 Å². The van der Waals surface area contributed by atoms with Gasteiger partial charge in [0.05, 0.1) is 4.58 Å². The Hall–Kier alpha value is -0.650. The highest BCUT2D eigenvalue weighted by Gasteiger charge is 2.22. The third-order valence-electron chi connectivity index (χ3n) is 4.76. The Kier molecular flexibility index (Phi) is 6.31. The Morgan fingerprint density at radius 1 is 1.30 bits per heavy atom. The van der Waals surface area contributed by atoms with Crippen LogP contribution < -0.4 is 10.6 Å². The van der Waals surface area contributed by atoms with Crippen molar-refractivity contribution in [2.45, 2.75) is 30.8 Å². The molecule has 2 saturated heterocycles. The summed E-state index contributed by atoms with van der Waals surface area (Å²) in [4.78, 5) is 12.4. The van der Waals surface area contributed by atoms with E-state index in [2.05, 4.69) is 35.8 Å². The van der Waals surface area contributed by atoms with Gasteiger partial charge in [-0.1, -0.05) is 19.1 Å². The van der Waals surface area contributed by atoms with Crippen molar-refractivity contribution < 1.29 is 4.79 Å². The third kappa shape index (κ3) is 4.91. The molecule has 2 heterocycles. The molecule has 2 N–H and O–H groups in total. The number of hydrogen-bond donors (Lipinski definition) is 2. The van der Waals surface area contributed by atoms with Crippen molar-refractivity contribution in [3.05, 3.63) is 29.8 Å². The van der Waals surface area contributed by atoms with E-state index >= 15 is 0 Å². The van der Waals surface area contributed by atoms with Gasteiger partial charge in [0.15, 0.2) is 0 Å². The van der Waals surface area contributed by atoms with Gasteiger partial charge in [-0.25, -0.2) is 0 Å². The molecule has 3 nitrogen and oxygen atoms in total. The SMILES string of the molecule is CC(CC(=O)Nc1cccc(C2SCCS2)c1)C1CCNCC1. The second-order valence-corrected chi connectivity index (χ2v) is 9.24. The quantitative estimate of drug-likeness (QED) is 0.838. The summed E-state index contributed by atoms with van der Waals surface area (Å²) >= 11 is 3.99. The maximum Gasteiger partial charge on any atom is 0.224 e. The standard InChI is InChI=1S/C18H26N2OS2/c1-13(14-5-7-19-8-6-14)11-17(21)20-16-4-2-3-15(12-16)18-22-9-10-23-18/h2-4,12-14,18-19H,5-11H2,1H3,(H,20,21). The van der Waals surface area contributed by atoms with Gasteiger partial charge < -0.3 is 10.6 Å². The van der Waals surface area contributed by atoms with Crippen LogP contribution in [0.25, 0.3) is 0 Å². The number of thioether (sulfide) groups is 2. The molecular weight excluding hydrogens is 324 g/mol. The van der Waals surface area contributed by atoms with Gasteiger partial charge in [-0.2, -0.15) is 0 Å². The summed E-state index contributed by atoms with van der Waals surface area (Å²) in [5.74, 6) is 3.74. The van der Waals surface area contributed by atoms with Crippen LogP contribution in [0.2, 0.25) is 0 Å². The van der Waals surface area contributed by atoms with Crippen LogP contribution >= 0.6 is 23.5 Å². The molecule has 0 bridgehead atoms. The molecule has 1 aromatic carbocycles. The van der Waals surface area contributed by atoms with E-state index in [1.54, 1.807) is 0 Å². The Labute approximate surface area is 147 Å². The number of anilines is 1. The molecule has 1 atom stereocenters. The molecule has 1 aromatic rings. The lowest BCUT2D eigenvalue weighted by atomic mass is 9.84. The van der Waals surface area contributed by atoms with Crippen LogP contribution in [0.1, 0.15) is 36.3 Å². The highest BCUT2D eigenvalue weighted by molar-refractivity contribution is 8.19. The van der Waals surface area contributed by atoms with Crippen molar-refractivity contribution >= 4 is 35.1 Å². The van der Waals surface area contributed by atoms with E-state index in [9.17, 15) is 4.79 Å². The highest BCUT2D eigenvalue weighted by atomic mass is 32.2. The van der Waals surface area contributed by atoms with Crippen molar-refractivity contribution in [3.63, 3.8) is 0 Å². The molecule has 0 aromatic heterocycles. The first kappa shape index (κ1) is 17.2. The Balaban J connectivity index is 1.53. The average Bonchev–Trinajstić information content (AvgIpc) is 3.10. The molecule has 23 heavy (non-hydrogen) atoms. The largest absolute Gasteiger partial charge is 0.326 e. The summed E-state index contributed by atoms with van der Waals surface area (Å²) in [6, 6.07) is 8.37. The van der Waals surface area contributed by atoms with Gasteiger partial charge in [-0.05, 0) is 55.5 Å². The van der Waals surface area contributed by atoms with Gasteiger partial charge in [0.1, 0.15) is 0 Å². The minimum atomic E-state index is 0.153. The first-order valence-electron chi connectivity index (χ1n) is 8.56. The normalized spacial score (nSPS) is 21.3. The number of piperidine rings is 1. The molecule has 0 radical (unpaired) electrons. The molecule has 1 unspecified atom stereocenters. The maximum absolute atomic E-state index is 12.4. The van der Waals surface area contributed by atoms with Gasteiger partial charge in [-0.3, -0.25) is 4.79 Å². The molecule has 0 saturated carbocycles. The van der Waals surface area contributed by atoms with Crippen LogP contribution in [0.15, 0.2) is 24.3 Å². The van der Waals surface area contributed by atoms with Gasteiger partial charge in [0.2, 0.25) is 5.91 Å². The lowest BCUT2D eigenvalue weighted by molar-refractivity contribution is -0.117. The van der Waals surface area contributed by atoms with Crippen LogP contribution in [-0.2, 0) is 4.79 Å². The van der Waals surface area contributed by atoms with Crippen LogP contribution in [0.4, 0.5) is 5.69 Å². The van der Waals surface area contributed by atoms with Crippen molar-refractivity contribution in [1.82, 2.24) is 5.32 Å². The molecular formula is C18H26N2OS2. The van der Waals surface area contributed by atoms with E-state index in [4.69, 9.17) is 0 Å². The first-order valence-corrected chi connectivity index (χ1v) is 10.7. The lowest BCUT2D eigenvalue weighted by Gasteiger charge is -2.27. The van der Waals surface area contributed by atoms with Crippen LogP contribution in [0.3, 0.4) is 0 Å². The third-order valence-corrected chi connectivity index (χ3v) is 7.86. The maximum atomic E-state index is 12.4. The van der Waals surface area contributed by atoms with Crippen LogP contribution in [-0.4, -0.2) is 30.5 Å². The number of carbonyl (C=O) groups excluding carboxylic acids is 1. The van der Waals surface area contributed by atoms with Gasteiger partial charge in [0, 0.05) is 23.6 Å². The topological polar surface area (TPSA) is 41.1 Å². The Bertz CT molecular complexity index is 526. The van der Waals surface area contributed by atoms with Crippen molar-refractivity contribution in [1.29, 1.82) is 0 Å². The molecule has 2 aliphatic rings. The highest BCUT2D eigenvalue weighted by Crippen LogP contribution is 2.45. The zero-order valence-corrected chi connectivity index (χ0v) is 15.3. The summed E-state index contributed by atoms with van der Waals surface area (Å²) in [6.45, 7) is 4.41. The zero-order chi connectivity index (χ0) is 16.1. The number of rotatable bonds is 5. The van der Waals surface area contributed by atoms with Crippen molar-refractivity contribution in [2.75, 3.05) is 29.9 Å². The number of carbonyl (C=O) groups is 1. The second-order valence-electron chi connectivity index (χ2n) is 6.52. The number of nitrogens with one attached hydrogen (secondary N) is 2. The summed E-state index contributed by atoms with van der Waals surface area (Å²) in [6.07, 6.45) is 3.02. The molecule has 0 spiro atoms. The Morgan fingerprint density at radius 3 is 2.78 bits per heavy atom. The summed E-state index contributed by atoms with van der Waals surface area (Å²) in [5, 5.41) is 6.49. The van der Waals surface area contributed by atoms with Gasteiger partial charge >= 0.3 is 0 Å². The fourth-order valence-electron chi connectivity index (χ4n) is 3.40. The summed E-state index contributed by atoms with van der Waals surface area (Å²) < 4.78 is 0.528. The lowest BCUT2D eigenvalue weighted by Crippen LogP contribution is -2.32. The smallest absolute Gasteiger partial charge is 0.224 e. The first-order chi connectivity index (χ1) is 11.2. The van der Waals surface area contributed by atoms with E-state index < -0.39 is 0 Å². The second kappa shape index (κ2) is 8.45. The zero-order valence-electron chi connectivity index (χ0n) is 13.7. The minimum Gasteiger partial charge on any atom is -0.326 e. The predicted octanol–water partition coefficient (Wildman–Crippen LogP) is 4.13. The van der Waals surface area contributed by atoms with Crippen molar-refractivity contribution in [3.8, 4) is 0 Å². The molecule has 5 heteroatoms. The molecule has 3 rings (SSSR count). The molecule has 2 fully saturated rings. The Morgan fingerprint density at radius 2 is 2.04 bits per heavy atom. The molecule has 1 amide bonds. The monoisotopic (exact) mass is 350 g/mol. The fourth-order valence-corrected chi connectivity index (χ4v) is 6.24. The summed E-state index contributed by atoms with van der Waals surface area (Å²) in [5.41, 5.74) is 2.26. The molecule has 0 aliphatic carbocycles. The van der Waals surface area contributed by atoms with Crippen LogP contribution in [0.5, 0.6) is 0 Å². The van der Waals surface area contributed by atoms with E-state index in [0.29, 0.717) is 22.8 Å². The van der Waals surface area contributed by atoms with Crippen molar-refractivity contribution in [2.24, 2.45) is 11.8 Å².